The summed E-state index contributed by atoms with van der Waals surface area (Å²) in [6.07, 6.45) is 3.12. The third-order valence-corrected chi connectivity index (χ3v) is 4.66. The van der Waals surface area contributed by atoms with E-state index >= 15 is 0 Å². The van der Waals surface area contributed by atoms with E-state index in [4.69, 9.17) is 4.84 Å². The van der Waals surface area contributed by atoms with Crippen LogP contribution >= 0.6 is 0 Å². The molecule has 1 aromatic heterocycles. The van der Waals surface area contributed by atoms with E-state index < -0.39 is 11.9 Å². The van der Waals surface area contributed by atoms with Crippen LogP contribution in [0.2, 0.25) is 0 Å². The smallest absolute Gasteiger partial charge is 0.336 e. The molecule has 0 radical (unpaired) electrons. The van der Waals surface area contributed by atoms with Gasteiger partial charge in [-0.25, -0.2) is 4.79 Å². The van der Waals surface area contributed by atoms with Crippen molar-refractivity contribution in [2.75, 3.05) is 6.54 Å². The molecule has 1 aromatic rings. The predicted octanol–water partition coefficient (Wildman–Crippen LogP) is 3.33. The first-order valence-corrected chi connectivity index (χ1v) is 9.86. The van der Waals surface area contributed by atoms with E-state index in [2.05, 4.69) is 13.8 Å². The molecule has 7 heteroatoms. The maximum absolute atomic E-state index is 12.9. The summed E-state index contributed by atoms with van der Waals surface area (Å²) in [4.78, 5) is 32.6. The average Bonchev–Trinajstić information content (AvgIpc) is 2.92. The Kier molecular flexibility index (Phi) is 9.18. The van der Waals surface area contributed by atoms with Crippen molar-refractivity contribution < 1.29 is 24.6 Å². The van der Waals surface area contributed by atoms with E-state index in [0.29, 0.717) is 17.7 Å². The van der Waals surface area contributed by atoms with E-state index in [9.17, 15) is 19.8 Å². The number of amides is 1. The Morgan fingerprint density at radius 3 is 2.11 bits per heavy atom. The van der Waals surface area contributed by atoms with Crippen LogP contribution in [0.1, 0.15) is 66.7 Å². The van der Waals surface area contributed by atoms with E-state index in [1.165, 1.54) is 12.1 Å². The van der Waals surface area contributed by atoms with E-state index in [1.807, 2.05) is 25.7 Å². The average molecular weight is 383 g/mol. The molecular formula is C20H34N2O5. The molecule has 0 aliphatic carbocycles. The van der Waals surface area contributed by atoms with Crippen molar-refractivity contribution in [3.8, 4) is 11.8 Å². The second kappa shape index (κ2) is 10.8. The van der Waals surface area contributed by atoms with Gasteiger partial charge in [-0.3, -0.25) is 4.79 Å². The van der Waals surface area contributed by atoms with Crippen LogP contribution in [-0.4, -0.2) is 44.3 Å². The largest absolute Gasteiger partial charge is 0.492 e. The van der Waals surface area contributed by atoms with Gasteiger partial charge in [-0.2, -0.15) is 0 Å². The molecule has 27 heavy (non-hydrogen) atoms. The third kappa shape index (κ3) is 6.48. The molecule has 2 N–H and O–H groups in total. The summed E-state index contributed by atoms with van der Waals surface area (Å²) in [5, 5.41) is 19.3. The van der Waals surface area contributed by atoms with Gasteiger partial charge in [0, 0.05) is 31.1 Å². The predicted molar refractivity (Wildman–Crippen MR) is 103 cm³/mol. The van der Waals surface area contributed by atoms with E-state index in [0.717, 1.165) is 19.3 Å². The van der Waals surface area contributed by atoms with Gasteiger partial charge in [-0.1, -0.05) is 34.6 Å². The topological polar surface area (TPSA) is 92.0 Å². The molecule has 154 valence electrons. The molecule has 0 bridgehead atoms. The van der Waals surface area contributed by atoms with Crippen molar-refractivity contribution in [3.05, 3.63) is 12.1 Å². The van der Waals surface area contributed by atoms with Crippen LogP contribution in [0.4, 0.5) is 0 Å². The first-order valence-electron chi connectivity index (χ1n) is 9.86. The van der Waals surface area contributed by atoms with Gasteiger partial charge in [0.05, 0.1) is 5.92 Å². The SMILES string of the molecule is CCCN(C(=O)CC(CC(C)C)C(=O)On1c(O)ccc1O)C(CC)CC. The number of nitrogens with zero attached hydrogens (tertiary/aromatic N) is 2. The molecule has 0 spiro atoms. The molecule has 1 unspecified atom stereocenters. The zero-order valence-electron chi connectivity index (χ0n) is 17.1. The molecule has 0 saturated carbocycles. The van der Waals surface area contributed by atoms with Gasteiger partial charge in [0.15, 0.2) is 0 Å². The van der Waals surface area contributed by atoms with Crippen molar-refractivity contribution in [1.29, 1.82) is 0 Å². The fraction of sp³-hybridized carbons (Fsp3) is 0.700. The van der Waals surface area contributed by atoms with Crippen LogP contribution in [0, 0.1) is 11.8 Å². The molecule has 0 aliphatic heterocycles. The van der Waals surface area contributed by atoms with Crippen molar-refractivity contribution in [3.63, 3.8) is 0 Å². The maximum Gasteiger partial charge on any atom is 0.336 e. The summed E-state index contributed by atoms with van der Waals surface area (Å²) in [5.74, 6) is -1.91. The molecule has 0 aromatic carbocycles. The highest BCUT2D eigenvalue weighted by atomic mass is 16.7. The summed E-state index contributed by atoms with van der Waals surface area (Å²) in [6.45, 7) is 10.7. The standard InChI is InChI=1S/C20H34N2O5/c1-6-11-21(16(7-2)8-3)19(25)13-15(12-14(4)5)20(26)27-22-17(23)9-10-18(22)24/h9-10,14-16,23-24H,6-8,11-13H2,1-5H3. The highest BCUT2D eigenvalue weighted by Gasteiger charge is 2.30. The molecule has 1 amide bonds. The van der Waals surface area contributed by atoms with Gasteiger partial charge < -0.3 is 20.0 Å². The Balaban J connectivity index is 2.94. The van der Waals surface area contributed by atoms with Crippen molar-refractivity contribution >= 4 is 11.9 Å². The molecule has 0 saturated heterocycles. The highest BCUT2D eigenvalue weighted by Crippen LogP contribution is 2.23. The van der Waals surface area contributed by atoms with Crippen LogP contribution in [0.15, 0.2) is 12.1 Å². The van der Waals surface area contributed by atoms with Gasteiger partial charge >= 0.3 is 5.97 Å². The lowest BCUT2D eigenvalue weighted by Gasteiger charge is -2.31. The molecule has 0 aliphatic rings. The second-order valence-corrected chi connectivity index (χ2v) is 7.34. The Morgan fingerprint density at radius 2 is 1.67 bits per heavy atom. The van der Waals surface area contributed by atoms with Gasteiger partial charge in [0.25, 0.3) is 0 Å². The number of hydrogen-bond acceptors (Lipinski definition) is 5. The first kappa shape index (κ1) is 22.9. The minimum Gasteiger partial charge on any atom is -0.492 e. The van der Waals surface area contributed by atoms with Crippen LogP contribution < -0.4 is 4.84 Å². The number of rotatable bonds is 11. The third-order valence-electron chi connectivity index (χ3n) is 4.66. The minimum atomic E-state index is -0.646. The Bertz CT molecular complexity index is 588. The van der Waals surface area contributed by atoms with E-state index in [-0.39, 0.29) is 36.0 Å². The number of carbonyl (C=O) groups is 2. The molecule has 1 atom stereocenters. The summed E-state index contributed by atoms with van der Waals surface area (Å²) >= 11 is 0. The number of hydrogen-bond donors (Lipinski definition) is 2. The van der Waals surface area contributed by atoms with Crippen molar-refractivity contribution in [2.45, 2.75) is 72.8 Å². The van der Waals surface area contributed by atoms with Crippen molar-refractivity contribution in [1.82, 2.24) is 9.63 Å². The van der Waals surface area contributed by atoms with Crippen LogP contribution in [-0.2, 0) is 9.59 Å². The summed E-state index contributed by atoms with van der Waals surface area (Å²) in [7, 11) is 0. The lowest BCUT2D eigenvalue weighted by molar-refractivity contribution is -0.154. The fourth-order valence-corrected chi connectivity index (χ4v) is 3.30. The van der Waals surface area contributed by atoms with Crippen molar-refractivity contribution in [2.24, 2.45) is 11.8 Å². The summed E-state index contributed by atoms with van der Waals surface area (Å²) in [6, 6.07) is 2.61. The summed E-state index contributed by atoms with van der Waals surface area (Å²) in [5.41, 5.74) is 0. The Morgan fingerprint density at radius 1 is 1.11 bits per heavy atom. The molecule has 0 fully saturated rings. The van der Waals surface area contributed by atoms with Gasteiger partial charge in [0.1, 0.15) is 0 Å². The quantitative estimate of drug-likeness (QED) is 0.612. The highest BCUT2D eigenvalue weighted by molar-refractivity contribution is 5.83. The Hall–Kier alpha value is -2.18. The number of carbonyl (C=O) groups excluding carboxylic acids is 2. The fourth-order valence-electron chi connectivity index (χ4n) is 3.30. The van der Waals surface area contributed by atoms with Gasteiger partial charge in [0.2, 0.25) is 17.7 Å². The van der Waals surface area contributed by atoms with Crippen LogP contribution in [0.25, 0.3) is 0 Å². The molecule has 1 heterocycles. The van der Waals surface area contributed by atoms with Crippen LogP contribution in [0.5, 0.6) is 11.8 Å². The lowest BCUT2D eigenvalue weighted by atomic mass is 9.93. The van der Waals surface area contributed by atoms with Gasteiger partial charge in [-0.05, 0) is 31.6 Å². The maximum atomic E-state index is 12.9. The number of aromatic nitrogens is 1. The molecule has 1 rings (SSSR count). The van der Waals surface area contributed by atoms with Crippen LogP contribution in [0.3, 0.4) is 0 Å². The summed E-state index contributed by atoms with van der Waals surface area (Å²) < 4.78 is 0.671. The second-order valence-electron chi connectivity index (χ2n) is 7.34. The first-order chi connectivity index (χ1) is 12.7. The van der Waals surface area contributed by atoms with E-state index in [1.54, 1.807) is 0 Å². The molecular weight excluding hydrogens is 348 g/mol. The zero-order valence-corrected chi connectivity index (χ0v) is 17.1. The van der Waals surface area contributed by atoms with Gasteiger partial charge in [-0.15, -0.1) is 4.73 Å². The minimum absolute atomic E-state index is 0.0519. The monoisotopic (exact) mass is 382 g/mol. The normalized spacial score (nSPS) is 12.4. The zero-order chi connectivity index (χ0) is 20.6. The number of aromatic hydroxyl groups is 2. The Labute approximate surface area is 161 Å². The molecule has 7 nitrogen and oxygen atoms in total. The lowest BCUT2D eigenvalue weighted by Crippen LogP contribution is -2.42.